The van der Waals surface area contributed by atoms with Crippen LogP contribution in [0, 0.1) is 0 Å². The first-order valence-electron chi connectivity index (χ1n) is 3.22. The third-order valence-electron chi connectivity index (χ3n) is 1.48. The zero-order valence-electron chi connectivity index (χ0n) is 6.81. The van der Waals surface area contributed by atoms with Crippen LogP contribution in [0.1, 0.15) is 0 Å². The summed E-state index contributed by atoms with van der Waals surface area (Å²) in [6.07, 6.45) is 4.80. The first-order chi connectivity index (χ1) is 5.42. The summed E-state index contributed by atoms with van der Waals surface area (Å²) < 4.78 is 1.76. The molecule has 72 valence electrons. The average Bonchev–Trinajstić information content (AvgIpc) is 2.47. The third-order valence-corrected chi connectivity index (χ3v) is 1.48. The quantitative estimate of drug-likeness (QED) is 0.555. The van der Waals surface area contributed by atoms with E-state index in [0.29, 0.717) is 6.67 Å². The van der Waals surface area contributed by atoms with E-state index in [-0.39, 0.29) is 11.0 Å². The molecular formula is C6H11N5O2. The minimum Gasteiger partial charge on any atom is -0.412 e. The average molecular weight is 185 g/mol. The van der Waals surface area contributed by atoms with Crippen molar-refractivity contribution in [1.82, 2.24) is 19.5 Å². The molecule has 0 spiro atoms. The monoisotopic (exact) mass is 185 g/mol. The molecule has 7 heteroatoms. The van der Waals surface area contributed by atoms with Gasteiger partial charge >= 0.3 is 0 Å². The van der Waals surface area contributed by atoms with E-state index < -0.39 is 0 Å². The maximum atomic E-state index is 5.42. The fraction of sp³-hybridized carbons (Fsp3) is 0.167. The van der Waals surface area contributed by atoms with Gasteiger partial charge < -0.3 is 21.3 Å². The summed E-state index contributed by atoms with van der Waals surface area (Å²) >= 11 is 0. The van der Waals surface area contributed by atoms with Crippen LogP contribution in [0.25, 0.3) is 11.2 Å². The Balaban J connectivity index is 0.000000720. The van der Waals surface area contributed by atoms with Crippen LogP contribution in [-0.2, 0) is 6.67 Å². The van der Waals surface area contributed by atoms with Crippen LogP contribution in [0.2, 0.25) is 0 Å². The second-order valence-electron chi connectivity index (χ2n) is 2.13. The Bertz CT molecular complexity index is 374. The molecule has 0 fully saturated rings. The first-order valence-corrected chi connectivity index (χ1v) is 3.22. The molecule has 6 N–H and O–H groups in total. The molecule has 2 rings (SSSR count). The molecule has 2 aromatic heterocycles. The highest BCUT2D eigenvalue weighted by molar-refractivity contribution is 5.68. The van der Waals surface area contributed by atoms with Crippen molar-refractivity contribution in [3.05, 3.63) is 18.9 Å². The van der Waals surface area contributed by atoms with Crippen molar-refractivity contribution in [3.8, 4) is 0 Å². The highest BCUT2D eigenvalue weighted by Gasteiger charge is 1.99. The number of hydrogen-bond acceptors (Lipinski definition) is 4. The van der Waals surface area contributed by atoms with Gasteiger partial charge in [-0.1, -0.05) is 0 Å². The van der Waals surface area contributed by atoms with Gasteiger partial charge in [-0.25, -0.2) is 15.0 Å². The number of hydrogen-bond donors (Lipinski definition) is 1. The van der Waals surface area contributed by atoms with Crippen molar-refractivity contribution in [2.45, 2.75) is 6.67 Å². The van der Waals surface area contributed by atoms with Gasteiger partial charge in [0.25, 0.3) is 0 Å². The van der Waals surface area contributed by atoms with Gasteiger partial charge in [-0.05, 0) is 0 Å². The molecule has 0 bridgehead atoms. The Morgan fingerprint density at radius 2 is 2.08 bits per heavy atom. The zero-order chi connectivity index (χ0) is 7.68. The van der Waals surface area contributed by atoms with Crippen molar-refractivity contribution < 1.29 is 11.0 Å². The summed E-state index contributed by atoms with van der Waals surface area (Å²) in [5.41, 5.74) is 6.98. The van der Waals surface area contributed by atoms with Gasteiger partial charge in [-0.2, -0.15) is 0 Å². The fourth-order valence-corrected chi connectivity index (χ4v) is 0.948. The summed E-state index contributed by atoms with van der Waals surface area (Å²) in [7, 11) is 0. The lowest BCUT2D eigenvalue weighted by Gasteiger charge is -1.94. The molecule has 0 unspecified atom stereocenters. The predicted molar refractivity (Wildman–Crippen MR) is 46.7 cm³/mol. The Labute approximate surface area is 73.9 Å². The van der Waals surface area contributed by atoms with Crippen molar-refractivity contribution in [2.75, 3.05) is 0 Å². The second-order valence-corrected chi connectivity index (χ2v) is 2.13. The van der Waals surface area contributed by atoms with Crippen molar-refractivity contribution in [1.29, 1.82) is 0 Å². The topological polar surface area (TPSA) is 133 Å². The van der Waals surface area contributed by atoms with Crippen LogP contribution in [-0.4, -0.2) is 30.5 Å². The number of imidazole rings is 1. The normalized spacial score (nSPS) is 9.00. The van der Waals surface area contributed by atoms with E-state index in [2.05, 4.69) is 15.0 Å². The van der Waals surface area contributed by atoms with Gasteiger partial charge in [0.05, 0.1) is 19.2 Å². The molecule has 0 saturated heterocycles. The highest BCUT2D eigenvalue weighted by atomic mass is 16.0. The van der Waals surface area contributed by atoms with E-state index >= 15 is 0 Å². The van der Waals surface area contributed by atoms with E-state index in [9.17, 15) is 0 Å². The Morgan fingerprint density at radius 1 is 1.31 bits per heavy atom. The number of nitrogens with two attached hydrogens (primary N) is 1. The van der Waals surface area contributed by atoms with Gasteiger partial charge in [0, 0.05) is 0 Å². The summed E-state index contributed by atoms with van der Waals surface area (Å²) in [6.45, 7) is 0.396. The predicted octanol–water partition coefficient (Wildman–Crippen LogP) is -1.91. The molecule has 0 atom stereocenters. The molecule has 2 aromatic rings. The molecule has 0 aromatic carbocycles. The molecule has 0 aliphatic rings. The molecule has 0 amide bonds. The van der Waals surface area contributed by atoms with Crippen LogP contribution in [0.5, 0.6) is 0 Å². The van der Waals surface area contributed by atoms with E-state index in [1.54, 1.807) is 17.1 Å². The molecule has 7 nitrogen and oxygen atoms in total. The minimum absolute atomic E-state index is 0. The van der Waals surface area contributed by atoms with Crippen LogP contribution in [0.15, 0.2) is 18.9 Å². The van der Waals surface area contributed by atoms with E-state index in [1.807, 2.05) is 0 Å². The molecule has 0 saturated carbocycles. The molecule has 0 radical (unpaired) electrons. The van der Waals surface area contributed by atoms with Crippen molar-refractivity contribution in [3.63, 3.8) is 0 Å². The smallest absolute Gasteiger partial charge is 0.164 e. The Kier molecular flexibility index (Phi) is 3.92. The standard InChI is InChI=1S/C6H7N5.2H2O/c7-2-11-4-10-5-1-8-3-9-6(5)11;;/h1,3-4H,2,7H2;2*1H2. The van der Waals surface area contributed by atoms with E-state index in [0.717, 1.165) is 11.2 Å². The fourth-order valence-electron chi connectivity index (χ4n) is 0.948. The summed E-state index contributed by atoms with van der Waals surface area (Å²) in [5.74, 6) is 0. The van der Waals surface area contributed by atoms with Crippen LogP contribution in [0.3, 0.4) is 0 Å². The number of nitrogens with zero attached hydrogens (tertiary/aromatic N) is 4. The third kappa shape index (κ3) is 1.78. The first kappa shape index (κ1) is 11.4. The lowest BCUT2D eigenvalue weighted by molar-refractivity contribution is 0.746. The van der Waals surface area contributed by atoms with Gasteiger partial charge in [0.1, 0.15) is 11.8 Å². The van der Waals surface area contributed by atoms with E-state index in [1.165, 1.54) is 6.33 Å². The summed E-state index contributed by atoms with van der Waals surface area (Å²) in [6, 6.07) is 0. The maximum Gasteiger partial charge on any atom is 0.164 e. The maximum absolute atomic E-state index is 5.42. The lowest BCUT2D eigenvalue weighted by Crippen LogP contribution is -2.05. The van der Waals surface area contributed by atoms with Crippen molar-refractivity contribution >= 4 is 11.2 Å². The van der Waals surface area contributed by atoms with Gasteiger partial charge in [-0.15, -0.1) is 0 Å². The van der Waals surface area contributed by atoms with Gasteiger partial charge in [0.2, 0.25) is 0 Å². The SMILES string of the molecule is NCn1cnc2cncnc21.O.O. The largest absolute Gasteiger partial charge is 0.412 e. The lowest BCUT2D eigenvalue weighted by atomic mass is 10.6. The van der Waals surface area contributed by atoms with Crippen LogP contribution < -0.4 is 5.73 Å². The van der Waals surface area contributed by atoms with E-state index in [4.69, 9.17) is 5.73 Å². The van der Waals surface area contributed by atoms with Crippen LogP contribution in [0.4, 0.5) is 0 Å². The number of fused-ring (bicyclic) bond motifs is 1. The highest BCUT2D eigenvalue weighted by Crippen LogP contribution is 2.04. The van der Waals surface area contributed by atoms with Crippen molar-refractivity contribution in [2.24, 2.45) is 5.73 Å². The van der Waals surface area contributed by atoms with Crippen LogP contribution >= 0.6 is 0 Å². The summed E-state index contributed by atoms with van der Waals surface area (Å²) in [5, 5.41) is 0. The Morgan fingerprint density at radius 3 is 2.77 bits per heavy atom. The summed E-state index contributed by atoms with van der Waals surface area (Å²) in [4.78, 5) is 11.9. The molecule has 13 heavy (non-hydrogen) atoms. The molecular weight excluding hydrogens is 174 g/mol. The minimum atomic E-state index is 0. The molecule has 2 heterocycles. The molecule has 0 aliphatic carbocycles. The van der Waals surface area contributed by atoms with Gasteiger partial charge in [0.15, 0.2) is 5.65 Å². The molecule has 0 aliphatic heterocycles. The number of rotatable bonds is 1. The zero-order valence-corrected chi connectivity index (χ0v) is 6.81. The number of aromatic nitrogens is 4. The second kappa shape index (κ2) is 4.45. The van der Waals surface area contributed by atoms with Gasteiger partial charge in [-0.3, -0.25) is 0 Å². The Hall–Kier alpha value is -1.57.